The predicted molar refractivity (Wildman–Crippen MR) is 82.9 cm³/mol. The van der Waals surface area contributed by atoms with Gasteiger partial charge in [-0.3, -0.25) is 9.48 Å². The molecular formula is C16H18N4O. The summed E-state index contributed by atoms with van der Waals surface area (Å²) < 4.78 is 1.54. The van der Waals surface area contributed by atoms with E-state index < -0.39 is 0 Å². The number of nitrogens with one attached hydrogen (secondary N) is 1. The van der Waals surface area contributed by atoms with Crippen LogP contribution in [0, 0.1) is 11.8 Å². The van der Waals surface area contributed by atoms with Gasteiger partial charge in [-0.05, 0) is 36.2 Å². The van der Waals surface area contributed by atoms with Gasteiger partial charge >= 0.3 is 0 Å². The first kappa shape index (κ1) is 14.8. The van der Waals surface area contributed by atoms with Crippen molar-refractivity contribution in [2.24, 2.45) is 12.8 Å². The van der Waals surface area contributed by atoms with E-state index in [1.54, 1.807) is 24.0 Å². The third kappa shape index (κ3) is 3.50. The first-order valence-corrected chi connectivity index (χ1v) is 6.77. The normalized spacial score (nSPS) is 9.86. The zero-order chi connectivity index (χ0) is 15.2. The first-order valence-electron chi connectivity index (χ1n) is 6.77. The number of hydrogen-bond acceptors (Lipinski definition) is 3. The summed E-state index contributed by atoms with van der Waals surface area (Å²) in [4.78, 5) is 12.2. The Hall–Kier alpha value is -2.58. The van der Waals surface area contributed by atoms with Gasteiger partial charge in [0, 0.05) is 24.5 Å². The van der Waals surface area contributed by atoms with Gasteiger partial charge in [-0.15, -0.1) is 0 Å². The molecule has 21 heavy (non-hydrogen) atoms. The summed E-state index contributed by atoms with van der Waals surface area (Å²) in [5, 5.41) is 6.91. The molecule has 0 aliphatic rings. The number of amides is 1. The Balaban J connectivity index is 2.24. The van der Waals surface area contributed by atoms with Crippen LogP contribution in [0.25, 0.3) is 0 Å². The van der Waals surface area contributed by atoms with E-state index in [9.17, 15) is 4.79 Å². The lowest BCUT2D eigenvalue weighted by Gasteiger charge is -2.10. The Morgan fingerprint density at radius 2 is 2.24 bits per heavy atom. The molecule has 0 aliphatic carbocycles. The van der Waals surface area contributed by atoms with E-state index in [4.69, 9.17) is 5.73 Å². The van der Waals surface area contributed by atoms with Gasteiger partial charge in [-0.1, -0.05) is 18.8 Å². The van der Waals surface area contributed by atoms with Crippen LogP contribution >= 0.6 is 0 Å². The van der Waals surface area contributed by atoms with E-state index in [0.29, 0.717) is 12.2 Å². The number of rotatable bonds is 3. The van der Waals surface area contributed by atoms with Crippen LogP contribution in [0.15, 0.2) is 30.5 Å². The summed E-state index contributed by atoms with van der Waals surface area (Å²) in [5.74, 6) is 5.64. The molecule has 0 atom stereocenters. The Labute approximate surface area is 124 Å². The maximum atomic E-state index is 12.2. The van der Waals surface area contributed by atoms with Gasteiger partial charge < -0.3 is 11.1 Å². The van der Waals surface area contributed by atoms with Crippen LogP contribution in [-0.2, 0) is 13.5 Å². The van der Waals surface area contributed by atoms with Crippen molar-refractivity contribution in [3.8, 4) is 11.8 Å². The number of carbonyl (C=O) groups is 1. The van der Waals surface area contributed by atoms with Gasteiger partial charge in [0.05, 0.1) is 6.54 Å². The summed E-state index contributed by atoms with van der Waals surface area (Å²) in [6.45, 7) is 2.37. The molecule has 2 rings (SSSR count). The van der Waals surface area contributed by atoms with Crippen molar-refractivity contribution in [1.29, 1.82) is 0 Å². The lowest BCUT2D eigenvalue weighted by atomic mass is 10.1. The van der Waals surface area contributed by atoms with E-state index in [1.165, 1.54) is 0 Å². The molecule has 5 nitrogen and oxygen atoms in total. The zero-order valence-electron chi connectivity index (χ0n) is 12.2. The third-order valence-corrected chi connectivity index (χ3v) is 3.12. The van der Waals surface area contributed by atoms with E-state index in [0.717, 1.165) is 23.2 Å². The standard InChI is InChI=1S/C16H18N4O/c1-3-13-11-12(5-4-9-17)6-7-14(13)19-16(21)15-8-10-18-20(15)2/h6-8,10-11H,3,9,17H2,1-2H3,(H,19,21). The van der Waals surface area contributed by atoms with Crippen molar-refractivity contribution in [2.45, 2.75) is 13.3 Å². The van der Waals surface area contributed by atoms with Crippen molar-refractivity contribution >= 4 is 11.6 Å². The molecule has 3 N–H and O–H groups in total. The topological polar surface area (TPSA) is 72.9 Å². The van der Waals surface area contributed by atoms with Gasteiger partial charge in [0.15, 0.2) is 0 Å². The van der Waals surface area contributed by atoms with Crippen LogP contribution in [0.2, 0.25) is 0 Å². The number of benzene rings is 1. The second kappa shape index (κ2) is 6.73. The number of nitrogens with two attached hydrogens (primary N) is 1. The average Bonchev–Trinajstić information content (AvgIpc) is 2.92. The third-order valence-electron chi connectivity index (χ3n) is 3.12. The molecule has 0 aliphatic heterocycles. The van der Waals surface area contributed by atoms with Crippen LogP contribution in [-0.4, -0.2) is 22.2 Å². The number of aromatic nitrogens is 2. The van der Waals surface area contributed by atoms with Crippen molar-refractivity contribution in [2.75, 3.05) is 11.9 Å². The number of aryl methyl sites for hydroxylation is 2. The lowest BCUT2D eigenvalue weighted by Crippen LogP contribution is -2.17. The van der Waals surface area contributed by atoms with Crippen LogP contribution in [0.4, 0.5) is 5.69 Å². The molecule has 1 aromatic heterocycles. The number of nitrogens with zero attached hydrogens (tertiary/aromatic N) is 2. The quantitative estimate of drug-likeness (QED) is 0.839. The monoisotopic (exact) mass is 282 g/mol. The number of anilines is 1. The molecule has 0 bridgehead atoms. The van der Waals surface area contributed by atoms with Gasteiger partial charge in [0.25, 0.3) is 5.91 Å². The molecule has 0 saturated heterocycles. The largest absolute Gasteiger partial charge is 0.320 e. The fourth-order valence-corrected chi connectivity index (χ4v) is 2.02. The number of carbonyl (C=O) groups excluding carboxylic acids is 1. The fourth-order valence-electron chi connectivity index (χ4n) is 2.02. The van der Waals surface area contributed by atoms with Gasteiger partial charge in [-0.2, -0.15) is 5.10 Å². The average molecular weight is 282 g/mol. The highest BCUT2D eigenvalue weighted by Crippen LogP contribution is 2.19. The van der Waals surface area contributed by atoms with Crippen LogP contribution in [0.1, 0.15) is 28.5 Å². The Morgan fingerprint density at radius 1 is 1.43 bits per heavy atom. The molecule has 0 saturated carbocycles. The van der Waals surface area contributed by atoms with Gasteiger partial charge in [-0.25, -0.2) is 0 Å². The van der Waals surface area contributed by atoms with Gasteiger partial charge in [0.1, 0.15) is 5.69 Å². The molecular weight excluding hydrogens is 264 g/mol. The van der Waals surface area contributed by atoms with Crippen molar-refractivity contribution in [3.05, 3.63) is 47.3 Å². The lowest BCUT2D eigenvalue weighted by molar-refractivity contribution is 0.101. The SMILES string of the molecule is CCc1cc(C#CCN)ccc1NC(=O)c1ccnn1C. The minimum atomic E-state index is -0.175. The van der Waals surface area contributed by atoms with Crippen LogP contribution in [0.5, 0.6) is 0 Å². The molecule has 0 radical (unpaired) electrons. The van der Waals surface area contributed by atoms with E-state index in [2.05, 4.69) is 22.3 Å². The second-order valence-corrected chi connectivity index (χ2v) is 4.53. The van der Waals surface area contributed by atoms with E-state index in [-0.39, 0.29) is 5.91 Å². The first-order chi connectivity index (χ1) is 10.2. The molecule has 1 amide bonds. The maximum absolute atomic E-state index is 12.2. The molecule has 1 aromatic carbocycles. The minimum Gasteiger partial charge on any atom is -0.320 e. The minimum absolute atomic E-state index is 0.175. The fraction of sp³-hybridized carbons (Fsp3) is 0.250. The summed E-state index contributed by atoms with van der Waals surface area (Å²) in [6, 6.07) is 7.40. The molecule has 0 unspecified atom stereocenters. The Morgan fingerprint density at radius 3 is 2.86 bits per heavy atom. The second-order valence-electron chi connectivity index (χ2n) is 4.53. The highest BCUT2D eigenvalue weighted by molar-refractivity contribution is 6.03. The van der Waals surface area contributed by atoms with Crippen LogP contribution < -0.4 is 11.1 Å². The number of hydrogen-bond donors (Lipinski definition) is 2. The summed E-state index contributed by atoms with van der Waals surface area (Å²) in [7, 11) is 1.74. The smallest absolute Gasteiger partial charge is 0.273 e. The predicted octanol–water partition coefficient (Wildman–Crippen LogP) is 1.54. The molecule has 1 heterocycles. The van der Waals surface area contributed by atoms with Gasteiger partial charge in [0.2, 0.25) is 0 Å². The van der Waals surface area contributed by atoms with Crippen LogP contribution in [0.3, 0.4) is 0 Å². The highest BCUT2D eigenvalue weighted by atomic mass is 16.2. The Kier molecular flexibility index (Phi) is 4.75. The maximum Gasteiger partial charge on any atom is 0.273 e. The zero-order valence-corrected chi connectivity index (χ0v) is 12.2. The molecule has 2 aromatic rings. The molecule has 5 heteroatoms. The Bertz CT molecular complexity index is 707. The highest BCUT2D eigenvalue weighted by Gasteiger charge is 2.11. The molecule has 0 fully saturated rings. The van der Waals surface area contributed by atoms with Crippen molar-refractivity contribution < 1.29 is 4.79 Å². The van der Waals surface area contributed by atoms with Crippen molar-refractivity contribution in [3.63, 3.8) is 0 Å². The summed E-state index contributed by atoms with van der Waals surface area (Å²) in [5.41, 5.74) is 8.62. The van der Waals surface area contributed by atoms with E-state index >= 15 is 0 Å². The summed E-state index contributed by atoms with van der Waals surface area (Å²) in [6.07, 6.45) is 2.40. The van der Waals surface area contributed by atoms with Crippen molar-refractivity contribution in [1.82, 2.24) is 9.78 Å². The molecule has 108 valence electrons. The molecule has 0 spiro atoms. The summed E-state index contributed by atoms with van der Waals surface area (Å²) >= 11 is 0. The van der Waals surface area contributed by atoms with E-state index in [1.807, 2.05) is 25.1 Å².